The van der Waals surface area contributed by atoms with Crippen molar-refractivity contribution in [3.63, 3.8) is 0 Å². The van der Waals surface area contributed by atoms with Gasteiger partial charge in [-0.25, -0.2) is 0 Å². The lowest BCUT2D eigenvalue weighted by atomic mass is 10.2. The number of hydrogen-bond acceptors (Lipinski definition) is 4. The van der Waals surface area contributed by atoms with Crippen LogP contribution in [0.5, 0.6) is 0 Å². The number of rotatable bonds is 4. The van der Waals surface area contributed by atoms with Crippen LogP contribution in [0.4, 0.5) is 0 Å². The maximum atomic E-state index is 5.35. The summed E-state index contributed by atoms with van der Waals surface area (Å²) in [5.74, 6) is 0. The topological polar surface area (TPSA) is 62.1 Å². The third kappa shape index (κ3) is 3.67. The molecule has 1 aliphatic heterocycles. The van der Waals surface area contributed by atoms with Gasteiger partial charge in [-0.2, -0.15) is 0 Å². The summed E-state index contributed by atoms with van der Waals surface area (Å²) in [6.45, 7) is 5.89. The maximum absolute atomic E-state index is 5.35. The fourth-order valence-electron chi connectivity index (χ4n) is 1.24. The quantitative estimate of drug-likeness (QED) is 0.361. The van der Waals surface area contributed by atoms with E-state index < -0.39 is 0 Å². The lowest BCUT2D eigenvalue weighted by molar-refractivity contribution is 0.401. The van der Waals surface area contributed by atoms with Crippen LogP contribution in [0.25, 0.3) is 0 Å². The van der Waals surface area contributed by atoms with E-state index in [1.54, 1.807) is 0 Å². The van der Waals surface area contributed by atoms with Crippen molar-refractivity contribution in [2.75, 3.05) is 39.3 Å². The zero-order valence-electron chi connectivity index (χ0n) is 6.90. The highest BCUT2D eigenvalue weighted by molar-refractivity contribution is 4.76. The van der Waals surface area contributed by atoms with Crippen LogP contribution in [-0.4, -0.2) is 45.3 Å². The van der Waals surface area contributed by atoms with Gasteiger partial charge in [0, 0.05) is 45.3 Å². The Balaban J connectivity index is 1.96. The minimum absolute atomic E-state index is 0.579. The van der Waals surface area contributed by atoms with Crippen LogP contribution in [0.15, 0.2) is 0 Å². The van der Waals surface area contributed by atoms with E-state index in [2.05, 4.69) is 16.0 Å². The summed E-state index contributed by atoms with van der Waals surface area (Å²) in [4.78, 5) is 0. The molecule has 4 heteroatoms. The highest BCUT2D eigenvalue weighted by Gasteiger charge is 2.09. The molecule has 0 radical (unpaired) electrons. The fourth-order valence-corrected chi connectivity index (χ4v) is 1.24. The predicted molar refractivity (Wildman–Crippen MR) is 46.6 cm³/mol. The van der Waals surface area contributed by atoms with Gasteiger partial charge in [-0.1, -0.05) is 0 Å². The van der Waals surface area contributed by atoms with E-state index >= 15 is 0 Å². The molecule has 1 atom stereocenters. The molecule has 1 fully saturated rings. The van der Waals surface area contributed by atoms with Gasteiger partial charge in [0.15, 0.2) is 0 Å². The molecule has 0 saturated carbocycles. The van der Waals surface area contributed by atoms with Gasteiger partial charge in [-0.15, -0.1) is 0 Å². The van der Waals surface area contributed by atoms with Gasteiger partial charge in [0.1, 0.15) is 0 Å². The Bertz CT molecular complexity index is 90.4. The summed E-state index contributed by atoms with van der Waals surface area (Å²) < 4.78 is 0. The Labute approximate surface area is 67.9 Å². The van der Waals surface area contributed by atoms with Crippen LogP contribution in [0.2, 0.25) is 0 Å². The SMILES string of the molecule is NCCNC[C@H]1CNCCN1. The van der Waals surface area contributed by atoms with Crippen molar-refractivity contribution < 1.29 is 0 Å². The molecule has 1 saturated heterocycles. The van der Waals surface area contributed by atoms with Crippen LogP contribution in [0.1, 0.15) is 0 Å². The molecule has 0 unspecified atom stereocenters. The minimum atomic E-state index is 0.579. The number of piperazine rings is 1. The van der Waals surface area contributed by atoms with Gasteiger partial charge >= 0.3 is 0 Å². The van der Waals surface area contributed by atoms with Crippen molar-refractivity contribution in [1.29, 1.82) is 0 Å². The number of nitrogens with two attached hydrogens (primary N) is 1. The molecule has 4 nitrogen and oxygen atoms in total. The molecule has 5 N–H and O–H groups in total. The van der Waals surface area contributed by atoms with Crippen LogP contribution in [0.3, 0.4) is 0 Å². The molecule has 66 valence electrons. The van der Waals surface area contributed by atoms with Crippen LogP contribution in [0, 0.1) is 0 Å². The molecule has 0 amide bonds. The molecular formula is C7H18N4. The molecule has 1 aliphatic rings. The lowest BCUT2D eigenvalue weighted by Crippen LogP contribution is -2.52. The third-order valence-electron chi connectivity index (χ3n) is 1.84. The highest BCUT2D eigenvalue weighted by atomic mass is 15.1. The molecule has 0 aliphatic carbocycles. The molecule has 0 aromatic heterocycles. The Hall–Kier alpha value is -0.160. The lowest BCUT2D eigenvalue weighted by Gasteiger charge is -2.24. The van der Waals surface area contributed by atoms with E-state index in [1.807, 2.05) is 0 Å². The largest absolute Gasteiger partial charge is 0.329 e. The molecule has 11 heavy (non-hydrogen) atoms. The molecule has 0 aromatic rings. The van der Waals surface area contributed by atoms with Crippen LogP contribution < -0.4 is 21.7 Å². The monoisotopic (exact) mass is 158 g/mol. The second-order valence-electron chi connectivity index (χ2n) is 2.85. The van der Waals surface area contributed by atoms with Gasteiger partial charge < -0.3 is 21.7 Å². The van der Waals surface area contributed by atoms with E-state index in [1.165, 1.54) is 0 Å². The number of hydrogen-bond donors (Lipinski definition) is 4. The number of nitrogens with one attached hydrogen (secondary N) is 3. The average molecular weight is 158 g/mol. The first-order chi connectivity index (χ1) is 5.43. The van der Waals surface area contributed by atoms with Crippen molar-refractivity contribution in [3.05, 3.63) is 0 Å². The summed E-state index contributed by atoms with van der Waals surface area (Å²) in [5.41, 5.74) is 5.35. The molecule has 0 bridgehead atoms. The molecule has 1 rings (SSSR count). The van der Waals surface area contributed by atoms with E-state index in [9.17, 15) is 0 Å². The van der Waals surface area contributed by atoms with Gasteiger partial charge in [0.05, 0.1) is 0 Å². The molecular weight excluding hydrogens is 140 g/mol. The van der Waals surface area contributed by atoms with E-state index in [-0.39, 0.29) is 0 Å². The molecule has 0 aromatic carbocycles. The second kappa shape index (κ2) is 5.49. The van der Waals surface area contributed by atoms with E-state index in [0.717, 1.165) is 39.3 Å². The zero-order valence-corrected chi connectivity index (χ0v) is 6.90. The zero-order chi connectivity index (χ0) is 7.94. The fraction of sp³-hybridized carbons (Fsp3) is 1.00. The maximum Gasteiger partial charge on any atom is 0.0318 e. The summed E-state index contributed by atoms with van der Waals surface area (Å²) in [6, 6.07) is 0.579. The van der Waals surface area contributed by atoms with Gasteiger partial charge in [-0.05, 0) is 0 Å². The summed E-state index contributed by atoms with van der Waals surface area (Å²) in [6.07, 6.45) is 0. The average Bonchev–Trinajstić information content (AvgIpc) is 2.07. The van der Waals surface area contributed by atoms with Crippen LogP contribution in [-0.2, 0) is 0 Å². The summed E-state index contributed by atoms with van der Waals surface area (Å²) in [5, 5.41) is 10.0. The smallest absolute Gasteiger partial charge is 0.0318 e. The van der Waals surface area contributed by atoms with Crippen molar-refractivity contribution in [3.8, 4) is 0 Å². The summed E-state index contributed by atoms with van der Waals surface area (Å²) in [7, 11) is 0. The normalized spacial score (nSPS) is 25.4. The Morgan fingerprint density at radius 2 is 2.36 bits per heavy atom. The molecule has 0 spiro atoms. The Morgan fingerprint density at radius 1 is 1.45 bits per heavy atom. The van der Waals surface area contributed by atoms with Crippen LogP contribution >= 0.6 is 0 Å². The Morgan fingerprint density at radius 3 is 3.00 bits per heavy atom. The van der Waals surface area contributed by atoms with Gasteiger partial charge in [0.25, 0.3) is 0 Å². The van der Waals surface area contributed by atoms with Crippen molar-refractivity contribution in [2.45, 2.75) is 6.04 Å². The molecule has 1 heterocycles. The van der Waals surface area contributed by atoms with E-state index in [4.69, 9.17) is 5.73 Å². The standard InChI is InChI=1S/C7H18N4/c8-1-2-9-5-7-6-10-3-4-11-7/h7,9-11H,1-6,8H2/t7-/m0/s1. The second-order valence-corrected chi connectivity index (χ2v) is 2.85. The highest BCUT2D eigenvalue weighted by Crippen LogP contribution is 1.83. The minimum Gasteiger partial charge on any atom is -0.329 e. The van der Waals surface area contributed by atoms with Crippen molar-refractivity contribution in [1.82, 2.24) is 16.0 Å². The Kier molecular flexibility index (Phi) is 4.45. The van der Waals surface area contributed by atoms with Gasteiger partial charge in [0.2, 0.25) is 0 Å². The van der Waals surface area contributed by atoms with E-state index in [0.29, 0.717) is 6.04 Å². The first-order valence-electron chi connectivity index (χ1n) is 4.28. The summed E-state index contributed by atoms with van der Waals surface area (Å²) >= 11 is 0. The first-order valence-corrected chi connectivity index (χ1v) is 4.28. The van der Waals surface area contributed by atoms with Crippen molar-refractivity contribution in [2.24, 2.45) is 5.73 Å². The third-order valence-corrected chi connectivity index (χ3v) is 1.84. The predicted octanol–water partition coefficient (Wildman–Crippen LogP) is -1.90. The first kappa shape index (κ1) is 8.93. The van der Waals surface area contributed by atoms with Crippen molar-refractivity contribution >= 4 is 0 Å². The van der Waals surface area contributed by atoms with Gasteiger partial charge in [-0.3, -0.25) is 0 Å².